The first kappa shape index (κ1) is 23.9. The summed E-state index contributed by atoms with van der Waals surface area (Å²) in [6, 6.07) is 22.3. The number of fused-ring (bicyclic) bond motifs is 2. The van der Waals surface area contributed by atoms with Crippen LogP contribution in [0.5, 0.6) is 0 Å². The molecule has 1 aliphatic heterocycles. The molecule has 1 saturated heterocycles. The lowest BCUT2D eigenvalue weighted by molar-refractivity contribution is -0.137. The Bertz CT molecular complexity index is 1280. The van der Waals surface area contributed by atoms with Crippen LogP contribution in [0.15, 0.2) is 79.1 Å². The van der Waals surface area contributed by atoms with E-state index >= 15 is 0 Å². The molecule has 6 rings (SSSR count). The molecule has 6 nitrogen and oxygen atoms in total. The maximum atomic E-state index is 13.8. The van der Waals surface area contributed by atoms with Gasteiger partial charge in [0.05, 0.1) is 24.2 Å². The van der Waals surface area contributed by atoms with Gasteiger partial charge in [0.2, 0.25) is 11.8 Å². The van der Waals surface area contributed by atoms with E-state index < -0.39 is 0 Å². The summed E-state index contributed by atoms with van der Waals surface area (Å²) in [5.41, 5.74) is 3.93. The van der Waals surface area contributed by atoms with Gasteiger partial charge < -0.3 is 15.0 Å². The van der Waals surface area contributed by atoms with Gasteiger partial charge in [-0.1, -0.05) is 54.6 Å². The molecule has 1 aromatic heterocycles. The van der Waals surface area contributed by atoms with Gasteiger partial charge in [-0.05, 0) is 60.1 Å². The summed E-state index contributed by atoms with van der Waals surface area (Å²) in [7, 11) is 0. The average Bonchev–Trinajstić information content (AvgIpc) is 3.72. The molecule has 0 unspecified atom stereocenters. The molecule has 3 aromatic rings. The first-order valence-electron chi connectivity index (χ1n) is 13.3. The number of amides is 2. The van der Waals surface area contributed by atoms with Gasteiger partial charge in [0, 0.05) is 37.8 Å². The van der Waals surface area contributed by atoms with Crippen molar-refractivity contribution in [3.8, 4) is 0 Å². The van der Waals surface area contributed by atoms with Gasteiger partial charge in [-0.15, -0.1) is 0 Å². The SMILES string of the molecule is CC(=O)N[C@@H]1c2ccccc2C2(CCN(C(=O)C3(c4ccccc4)CC3)CC2)[C@H]1OCc1ccncc1. The Labute approximate surface area is 218 Å². The van der Waals surface area contributed by atoms with E-state index in [-0.39, 0.29) is 34.8 Å². The zero-order valence-electron chi connectivity index (χ0n) is 21.2. The number of nitrogens with one attached hydrogen (secondary N) is 1. The molecule has 1 spiro atoms. The molecular weight excluding hydrogens is 462 g/mol. The van der Waals surface area contributed by atoms with Crippen molar-refractivity contribution in [3.63, 3.8) is 0 Å². The minimum absolute atomic E-state index is 0.0690. The van der Waals surface area contributed by atoms with Crippen molar-refractivity contribution in [1.29, 1.82) is 0 Å². The van der Waals surface area contributed by atoms with Crippen LogP contribution in [0, 0.1) is 0 Å². The summed E-state index contributed by atoms with van der Waals surface area (Å²) in [4.78, 5) is 32.2. The Kier molecular flexibility index (Phi) is 6.07. The summed E-state index contributed by atoms with van der Waals surface area (Å²) >= 11 is 0. The van der Waals surface area contributed by atoms with Gasteiger partial charge in [-0.3, -0.25) is 14.6 Å². The lowest BCUT2D eigenvalue weighted by Crippen LogP contribution is -2.53. The van der Waals surface area contributed by atoms with Gasteiger partial charge in [-0.25, -0.2) is 0 Å². The highest BCUT2D eigenvalue weighted by atomic mass is 16.5. The van der Waals surface area contributed by atoms with Crippen molar-refractivity contribution in [2.24, 2.45) is 0 Å². The fourth-order valence-corrected chi connectivity index (χ4v) is 6.62. The number of hydrogen-bond donors (Lipinski definition) is 1. The minimum atomic E-state index is -0.352. The maximum Gasteiger partial charge on any atom is 0.233 e. The van der Waals surface area contributed by atoms with Gasteiger partial charge in [-0.2, -0.15) is 0 Å². The molecular formula is C31H33N3O3. The first-order valence-corrected chi connectivity index (χ1v) is 13.3. The number of ether oxygens (including phenoxy) is 1. The molecule has 2 aromatic carbocycles. The Morgan fingerprint density at radius 2 is 1.62 bits per heavy atom. The molecule has 190 valence electrons. The van der Waals surface area contributed by atoms with Crippen molar-refractivity contribution in [1.82, 2.24) is 15.2 Å². The van der Waals surface area contributed by atoms with E-state index in [1.165, 1.54) is 5.56 Å². The summed E-state index contributed by atoms with van der Waals surface area (Å²) in [5.74, 6) is 0.188. The van der Waals surface area contributed by atoms with Crippen molar-refractivity contribution >= 4 is 11.8 Å². The lowest BCUT2D eigenvalue weighted by atomic mass is 9.71. The lowest BCUT2D eigenvalue weighted by Gasteiger charge is -2.45. The number of nitrogens with zero attached hydrogens (tertiary/aromatic N) is 2. The Hall–Kier alpha value is -3.51. The minimum Gasteiger partial charge on any atom is -0.370 e. The molecule has 0 radical (unpaired) electrons. The van der Waals surface area contributed by atoms with Crippen molar-refractivity contribution in [3.05, 3.63) is 101 Å². The Balaban J connectivity index is 1.28. The van der Waals surface area contributed by atoms with Gasteiger partial charge in [0.25, 0.3) is 0 Å². The van der Waals surface area contributed by atoms with Crippen molar-refractivity contribution in [2.45, 2.75) is 62.2 Å². The van der Waals surface area contributed by atoms with Crippen LogP contribution in [-0.4, -0.2) is 40.9 Å². The van der Waals surface area contributed by atoms with Crippen LogP contribution in [0.2, 0.25) is 0 Å². The summed E-state index contributed by atoms with van der Waals surface area (Å²) in [5, 5.41) is 3.19. The van der Waals surface area contributed by atoms with Crippen molar-refractivity contribution < 1.29 is 14.3 Å². The third-order valence-corrected chi connectivity index (χ3v) is 8.65. The number of piperidine rings is 1. The highest BCUT2D eigenvalue weighted by Crippen LogP contribution is 2.54. The smallest absolute Gasteiger partial charge is 0.233 e. The third kappa shape index (κ3) is 4.13. The summed E-state index contributed by atoms with van der Waals surface area (Å²) in [6.07, 6.45) is 6.77. The van der Waals surface area contributed by atoms with Crippen LogP contribution in [0.25, 0.3) is 0 Å². The third-order valence-electron chi connectivity index (χ3n) is 8.65. The van der Waals surface area contributed by atoms with E-state index in [0.29, 0.717) is 19.7 Å². The zero-order valence-corrected chi connectivity index (χ0v) is 21.2. The number of rotatable bonds is 6. The molecule has 0 bridgehead atoms. The van der Waals surface area contributed by atoms with Gasteiger partial charge in [0.15, 0.2) is 0 Å². The van der Waals surface area contributed by atoms with E-state index in [9.17, 15) is 9.59 Å². The van der Waals surface area contributed by atoms with Crippen LogP contribution in [-0.2, 0) is 31.8 Å². The molecule has 37 heavy (non-hydrogen) atoms. The maximum absolute atomic E-state index is 13.8. The Morgan fingerprint density at radius 3 is 2.30 bits per heavy atom. The molecule has 1 saturated carbocycles. The number of benzene rings is 2. The van der Waals surface area contributed by atoms with Crippen LogP contribution < -0.4 is 5.32 Å². The highest BCUT2D eigenvalue weighted by Gasteiger charge is 2.57. The largest absolute Gasteiger partial charge is 0.370 e. The number of pyridine rings is 1. The van der Waals surface area contributed by atoms with Crippen LogP contribution in [0.1, 0.15) is 60.9 Å². The molecule has 3 aliphatic rings. The first-order chi connectivity index (χ1) is 18.0. The molecule has 2 fully saturated rings. The fourth-order valence-electron chi connectivity index (χ4n) is 6.62. The summed E-state index contributed by atoms with van der Waals surface area (Å²) < 4.78 is 6.68. The second-order valence-electron chi connectivity index (χ2n) is 10.7. The quantitative estimate of drug-likeness (QED) is 0.549. The molecule has 6 heteroatoms. The van der Waals surface area contributed by atoms with Crippen LogP contribution in [0.3, 0.4) is 0 Å². The second kappa shape index (κ2) is 9.42. The Morgan fingerprint density at radius 1 is 0.946 bits per heavy atom. The highest BCUT2D eigenvalue weighted by molar-refractivity contribution is 5.91. The number of carbonyl (C=O) groups excluding carboxylic acids is 2. The molecule has 2 atom stereocenters. The predicted octanol–water partition coefficient (Wildman–Crippen LogP) is 4.45. The summed E-state index contributed by atoms with van der Waals surface area (Å²) in [6.45, 7) is 3.37. The number of hydrogen-bond acceptors (Lipinski definition) is 4. The standard InChI is InChI=1S/C31H33N3O3/c1-22(35)33-27-25-9-5-6-10-26(25)31(28(27)37-21-23-11-17-32-18-12-23)15-19-34(20-16-31)29(36)30(13-14-30)24-7-3-2-4-8-24/h2-12,17-18,27-28H,13-16,19-21H2,1H3,(H,33,35)/t27-,28+/m1/s1. The predicted molar refractivity (Wildman–Crippen MR) is 141 cm³/mol. The topological polar surface area (TPSA) is 71.5 Å². The monoisotopic (exact) mass is 495 g/mol. The van der Waals surface area contributed by atoms with Crippen molar-refractivity contribution in [2.75, 3.05) is 13.1 Å². The van der Waals surface area contributed by atoms with E-state index in [0.717, 1.165) is 42.4 Å². The van der Waals surface area contributed by atoms with Gasteiger partial charge in [0.1, 0.15) is 0 Å². The van der Waals surface area contributed by atoms with E-state index in [1.807, 2.05) is 36.4 Å². The van der Waals surface area contributed by atoms with Crippen LogP contribution in [0.4, 0.5) is 0 Å². The van der Waals surface area contributed by atoms with Crippen LogP contribution >= 0.6 is 0 Å². The molecule has 2 amide bonds. The van der Waals surface area contributed by atoms with E-state index in [4.69, 9.17) is 4.74 Å². The normalized spacial score (nSPS) is 22.9. The zero-order chi connectivity index (χ0) is 25.5. The van der Waals surface area contributed by atoms with Gasteiger partial charge >= 0.3 is 0 Å². The number of carbonyl (C=O) groups is 2. The number of likely N-dealkylation sites (tertiary alicyclic amines) is 1. The number of aromatic nitrogens is 1. The second-order valence-corrected chi connectivity index (χ2v) is 10.7. The van der Waals surface area contributed by atoms with E-state index in [2.05, 4.69) is 45.5 Å². The molecule has 2 heterocycles. The molecule has 2 aliphatic carbocycles. The van der Waals surface area contributed by atoms with E-state index in [1.54, 1.807) is 19.3 Å². The fraction of sp³-hybridized carbons (Fsp3) is 0.387. The average molecular weight is 496 g/mol. The molecule has 1 N–H and O–H groups in total.